The van der Waals surface area contributed by atoms with Crippen molar-refractivity contribution in [3.05, 3.63) is 104 Å². The Morgan fingerprint density at radius 3 is 2.41 bits per heavy atom. The van der Waals surface area contributed by atoms with E-state index < -0.39 is 6.04 Å². The Hall–Kier alpha value is -3.57. The van der Waals surface area contributed by atoms with E-state index in [1.54, 1.807) is 30.2 Å². The van der Waals surface area contributed by atoms with Crippen LogP contribution in [0.25, 0.3) is 11.0 Å². The van der Waals surface area contributed by atoms with Crippen molar-refractivity contribution in [2.24, 2.45) is 0 Å². The Bertz CT molecular complexity index is 1440. The highest BCUT2D eigenvalue weighted by atomic mass is 35.5. The molecule has 160 valence electrons. The summed E-state index contributed by atoms with van der Waals surface area (Å²) in [4.78, 5) is 28.8. The first-order valence-electron chi connectivity index (χ1n) is 10.2. The molecule has 2 heterocycles. The summed E-state index contributed by atoms with van der Waals surface area (Å²) in [6.07, 6.45) is 0. The van der Waals surface area contributed by atoms with E-state index in [-0.39, 0.29) is 17.1 Å². The molecule has 32 heavy (non-hydrogen) atoms. The largest absolute Gasteiger partial charge is 0.497 e. The fraction of sp³-hybridized carbons (Fsp3) is 0.154. The van der Waals surface area contributed by atoms with E-state index in [9.17, 15) is 9.59 Å². The SMILES string of the molecule is COc1ccc(C2c3c(oc4ccc(C)cc4c3=O)C(=O)N2c2ccc(C)c(Cl)c2)cc1. The molecule has 0 fully saturated rings. The zero-order valence-electron chi connectivity index (χ0n) is 17.8. The molecule has 0 radical (unpaired) electrons. The number of carbonyl (C=O) groups is 1. The van der Waals surface area contributed by atoms with Crippen molar-refractivity contribution in [2.75, 3.05) is 12.0 Å². The molecule has 1 amide bonds. The summed E-state index contributed by atoms with van der Waals surface area (Å²) in [7, 11) is 1.59. The molecule has 0 saturated heterocycles. The first-order valence-corrected chi connectivity index (χ1v) is 10.6. The van der Waals surface area contributed by atoms with Gasteiger partial charge in [0.05, 0.1) is 24.1 Å². The summed E-state index contributed by atoms with van der Waals surface area (Å²) in [6, 6.07) is 17.5. The molecule has 5 nitrogen and oxygen atoms in total. The minimum atomic E-state index is -0.650. The number of anilines is 1. The van der Waals surface area contributed by atoms with E-state index in [1.807, 2.05) is 56.3 Å². The van der Waals surface area contributed by atoms with Gasteiger partial charge in [-0.1, -0.05) is 41.4 Å². The molecule has 0 aliphatic carbocycles. The molecule has 0 spiro atoms. The van der Waals surface area contributed by atoms with Gasteiger partial charge in [0, 0.05) is 10.7 Å². The predicted octanol–water partition coefficient (Wildman–Crippen LogP) is 5.82. The van der Waals surface area contributed by atoms with Crippen LogP contribution in [0.2, 0.25) is 5.02 Å². The summed E-state index contributed by atoms with van der Waals surface area (Å²) in [5.41, 5.74) is 3.72. The Labute approximate surface area is 189 Å². The first-order chi connectivity index (χ1) is 15.4. The monoisotopic (exact) mass is 445 g/mol. The highest BCUT2D eigenvalue weighted by Gasteiger charge is 2.43. The quantitative estimate of drug-likeness (QED) is 0.398. The number of fused-ring (bicyclic) bond motifs is 2. The molecule has 0 bridgehead atoms. The highest BCUT2D eigenvalue weighted by molar-refractivity contribution is 6.31. The third-order valence-corrected chi connectivity index (χ3v) is 6.30. The van der Waals surface area contributed by atoms with Crippen LogP contribution in [-0.4, -0.2) is 13.0 Å². The van der Waals surface area contributed by atoms with Gasteiger partial charge < -0.3 is 9.15 Å². The highest BCUT2D eigenvalue weighted by Crippen LogP contribution is 2.42. The number of carbonyl (C=O) groups excluding carboxylic acids is 1. The normalized spacial score (nSPS) is 15.3. The van der Waals surface area contributed by atoms with Crippen molar-refractivity contribution in [3.8, 4) is 5.75 Å². The molecule has 5 rings (SSSR count). The van der Waals surface area contributed by atoms with Crippen LogP contribution in [-0.2, 0) is 0 Å². The molecule has 1 aromatic heterocycles. The van der Waals surface area contributed by atoms with Crippen LogP contribution in [0.3, 0.4) is 0 Å². The van der Waals surface area contributed by atoms with Gasteiger partial charge in [0.15, 0.2) is 5.43 Å². The Morgan fingerprint density at radius 2 is 1.72 bits per heavy atom. The number of benzene rings is 3. The summed E-state index contributed by atoms with van der Waals surface area (Å²) in [6.45, 7) is 3.81. The van der Waals surface area contributed by atoms with E-state index >= 15 is 0 Å². The molecular weight excluding hydrogens is 426 g/mol. The molecular formula is C26H20ClNO4. The molecule has 0 saturated carbocycles. The average Bonchev–Trinajstić information content (AvgIpc) is 3.09. The minimum Gasteiger partial charge on any atom is -0.497 e. The lowest BCUT2D eigenvalue weighted by Crippen LogP contribution is -2.29. The zero-order chi connectivity index (χ0) is 22.6. The van der Waals surface area contributed by atoms with Gasteiger partial charge >= 0.3 is 0 Å². The molecule has 1 unspecified atom stereocenters. The maximum atomic E-state index is 13.6. The standard InChI is InChI=1S/C26H20ClNO4/c1-14-4-11-21-19(12-14)24(29)22-23(16-6-9-18(31-3)10-7-16)28(26(30)25(22)32-21)17-8-5-15(2)20(27)13-17/h4-13,23H,1-3H3. The molecule has 3 aromatic carbocycles. The van der Waals surface area contributed by atoms with Crippen LogP contribution in [0.15, 0.2) is 69.9 Å². The van der Waals surface area contributed by atoms with Crippen molar-refractivity contribution in [3.63, 3.8) is 0 Å². The van der Waals surface area contributed by atoms with Gasteiger partial charge in [-0.05, 0) is 61.4 Å². The summed E-state index contributed by atoms with van der Waals surface area (Å²) in [5.74, 6) is 0.369. The fourth-order valence-electron chi connectivity index (χ4n) is 4.19. The number of hydrogen-bond acceptors (Lipinski definition) is 4. The van der Waals surface area contributed by atoms with E-state index in [0.717, 1.165) is 16.7 Å². The van der Waals surface area contributed by atoms with E-state index in [4.69, 9.17) is 20.8 Å². The predicted molar refractivity (Wildman–Crippen MR) is 125 cm³/mol. The topological polar surface area (TPSA) is 59.8 Å². The maximum Gasteiger partial charge on any atom is 0.295 e. The van der Waals surface area contributed by atoms with Gasteiger partial charge in [0.25, 0.3) is 5.91 Å². The third-order valence-electron chi connectivity index (χ3n) is 5.89. The number of nitrogens with zero attached hydrogens (tertiary/aromatic N) is 1. The Morgan fingerprint density at radius 1 is 0.969 bits per heavy atom. The number of amides is 1. The van der Waals surface area contributed by atoms with Crippen molar-refractivity contribution < 1.29 is 13.9 Å². The summed E-state index contributed by atoms with van der Waals surface area (Å²) >= 11 is 6.38. The lowest BCUT2D eigenvalue weighted by Gasteiger charge is -2.25. The lowest BCUT2D eigenvalue weighted by molar-refractivity contribution is 0.0971. The smallest absolute Gasteiger partial charge is 0.295 e. The van der Waals surface area contributed by atoms with Gasteiger partial charge in [0.2, 0.25) is 5.76 Å². The first kappa shape index (κ1) is 20.3. The van der Waals surface area contributed by atoms with E-state index in [0.29, 0.717) is 33.0 Å². The number of rotatable bonds is 3. The van der Waals surface area contributed by atoms with Gasteiger partial charge in [-0.3, -0.25) is 14.5 Å². The summed E-state index contributed by atoms with van der Waals surface area (Å²) in [5, 5.41) is 0.999. The second-order valence-electron chi connectivity index (χ2n) is 7.96. The van der Waals surface area contributed by atoms with Crippen molar-refractivity contribution in [1.29, 1.82) is 0 Å². The molecule has 1 aliphatic heterocycles. The molecule has 0 N–H and O–H groups in total. The zero-order valence-corrected chi connectivity index (χ0v) is 18.6. The minimum absolute atomic E-state index is 0.0591. The van der Waals surface area contributed by atoms with Crippen LogP contribution < -0.4 is 15.1 Å². The van der Waals surface area contributed by atoms with Crippen LogP contribution in [0.5, 0.6) is 5.75 Å². The van der Waals surface area contributed by atoms with Crippen LogP contribution in [0.1, 0.15) is 38.9 Å². The van der Waals surface area contributed by atoms with Crippen LogP contribution in [0.4, 0.5) is 5.69 Å². The number of hydrogen-bond donors (Lipinski definition) is 0. The second kappa shape index (κ2) is 7.53. The third kappa shape index (κ3) is 3.09. The van der Waals surface area contributed by atoms with E-state index in [2.05, 4.69) is 0 Å². The number of halogens is 1. The summed E-state index contributed by atoms with van der Waals surface area (Å²) < 4.78 is 11.3. The van der Waals surface area contributed by atoms with Gasteiger partial charge in [-0.2, -0.15) is 0 Å². The van der Waals surface area contributed by atoms with Crippen LogP contribution >= 0.6 is 11.6 Å². The molecule has 6 heteroatoms. The lowest BCUT2D eigenvalue weighted by atomic mass is 9.97. The van der Waals surface area contributed by atoms with Crippen molar-refractivity contribution in [2.45, 2.75) is 19.9 Å². The maximum absolute atomic E-state index is 13.6. The molecule has 1 atom stereocenters. The van der Waals surface area contributed by atoms with Crippen molar-refractivity contribution >= 4 is 34.2 Å². The Kier molecular flexibility index (Phi) is 4.79. The van der Waals surface area contributed by atoms with E-state index in [1.165, 1.54) is 0 Å². The number of ether oxygens (including phenoxy) is 1. The van der Waals surface area contributed by atoms with Crippen LogP contribution in [0, 0.1) is 13.8 Å². The van der Waals surface area contributed by atoms with Gasteiger partial charge in [-0.25, -0.2) is 0 Å². The molecule has 1 aliphatic rings. The van der Waals surface area contributed by atoms with Gasteiger partial charge in [-0.15, -0.1) is 0 Å². The van der Waals surface area contributed by atoms with Crippen molar-refractivity contribution in [1.82, 2.24) is 0 Å². The molecule has 4 aromatic rings. The fourth-order valence-corrected chi connectivity index (χ4v) is 4.36. The Balaban J connectivity index is 1.80. The number of aryl methyl sites for hydroxylation is 2. The number of methoxy groups -OCH3 is 1. The second-order valence-corrected chi connectivity index (χ2v) is 8.37. The average molecular weight is 446 g/mol. The van der Waals surface area contributed by atoms with Gasteiger partial charge in [0.1, 0.15) is 11.3 Å².